The van der Waals surface area contributed by atoms with Gasteiger partial charge in [0.25, 0.3) is 0 Å². The van der Waals surface area contributed by atoms with Gasteiger partial charge in [0.05, 0.1) is 11.4 Å². The Morgan fingerprint density at radius 1 is 1.26 bits per heavy atom. The molecule has 0 unspecified atom stereocenters. The van der Waals surface area contributed by atoms with Crippen molar-refractivity contribution in [2.75, 3.05) is 0 Å². The number of nitrogens with two attached hydrogens (primary N) is 1. The largest absolute Gasteiger partial charge is 0.435 e. The molecule has 7 heteroatoms. The molecule has 0 atom stereocenters. The highest BCUT2D eigenvalue weighted by atomic mass is 127. The van der Waals surface area contributed by atoms with E-state index >= 15 is 0 Å². The fraction of sp³-hybridized carbons (Fsp3) is 0.250. The summed E-state index contributed by atoms with van der Waals surface area (Å²) in [6, 6.07) is 8.20. The van der Waals surface area contributed by atoms with Crippen LogP contribution >= 0.6 is 22.6 Å². The molecular weight excluding hydrogens is 370 g/mol. The summed E-state index contributed by atoms with van der Waals surface area (Å²) in [6.07, 6.45) is -4.46. The molecule has 2 aromatic rings. The van der Waals surface area contributed by atoms with E-state index in [1.165, 1.54) is 4.68 Å². The second kappa shape index (κ2) is 5.49. The summed E-state index contributed by atoms with van der Waals surface area (Å²) >= 11 is 2.19. The van der Waals surface area contributed by atoms with Gasteiger partial charge in [-0.2, -0.15) is 18.3 Å². The zero-order valence-electron chi connectivity index (χ0n) is 9.78. The van der Waals surface area contributed by atoms with E-state index in [1.54, 1.807) is 18.2 Å². The number of benzene rings is 1. The SMILES string of the molecule is NCc1cc(C(F)(F)F)nn1-c1cccc(CI)c1. The molecule has 1 heterocycles. The first-order valence-electron chi connectivity index (χ1n) is 5.47. The van der Waals surface area contributed by atoms with E-state index in [0.29, 0.717) is 11.4 Å². The summed E-state index contributed by atoms with van der Waals surface area (Å²) in [6.45, 7) is -0.00244. The maximum atomic E-state index is 12.7. The molecule has 0 amide bonds. The van der Waals surface area contributed by atoms with Gasteiger partial charge >= 0.3 is 6.18 Å². The van der Waals surface area contributed by atoms with Gasteiger partial charge in [0, 0.05) is 11.0 Å². The van der Waals surface area contributed by atoms with Gasteiger partial charge in [0.1, 0.15) is 0 Å². The maximum Gasteiger partial charge on any atom is 0.435 e. The second-order valence-electron chi connectivity index (χ2n) is 3.94. The zero-order chi connectivity index (χ0) is 14.0. The Kier molecular flexibility index (Phi) is 4.14. The molecule has 0 saturated heterocycles. The lowest BCUT2D eigenvalue weighted by atomic mass is 10.2. The molecule has 0 fully saturated rings. The van der Waals surface area contributed by atoms with Crippen molar-refractivity contribution in [2.45, 2.75) is 17.1 Å². The van der Waals surface area contributed by atoms with Gasteiger partial charge in [-0.1, -0.05) is 34.7 Å². The Morgan fingerprint density at radius 2 is 2.00 bits per heavy atom. The highest BCUT2D eigenvalue weighted by Crippen LogP contribution is 2.29. The fourth-order valence-electron chi connectivity index (χ4n) is 1.70. The zero-order valence-corrected chi connectivity index (χ0v) is 11.9. The van der Waals surface area contributed by atoms with Crippen LogP contribution in [0, 0.1) is 0 Å². The van der Waals surface area contributed by atoms with Crippen molar-refractivity contribution >= 4 is 22.6 Å². The molecular formula is C12H11F3IN3. The fourth-order valence-corrected chi connectivity index (χ4v) is 2.17. The second-order valence-corrected chi connectivity index (χ2v) is 4.70. The van der Waals surface area contributed by atoms with E-state index in [9.17, 15) is 13.2 Å². The Hall–Kier alpha value is -1.09. The number of nitrogens with zero attached hydrogens (tertiary/aromatic N) is 2. The Morgan fingerprint density at radius 3 is 2.58 bits per heavy atom. The van der Waals surface area contributed by atoms with E-state index in [0.717, 1.165) is 16.1 Å². The molecule has 0 saturated carbocycles. The first-order valence-corrected chi connectivity index (χ1v) is 6.99. The van der Waals surface area contributed by atoms with Crippen LogP contribution in [-0.4, -0.2) is 9.78 Å². The summed E-state index contributed by atoms with van der Waals surface area (Å²) in [7, 11) is 0. The smallest absolute Gasteiger partial charge is 0.325 e. The van der Waals surface area contributed by atoms with Crippen LogP contribution in [0.5, 0.6) is 0 Å². The number of halogens is 4. The highest BCUT2D eigenvalue weighted by Gasteiger charge is 2.34. The van der Waals surface area contributed by atoms with Gasteiger partial charge in [0.15, 0.2) is 5.69 Å². The minimum atomic E-state index is -4.46. The molecule has 0 aliphatic heterocycles. The summed E-state index contributed by atoms with van der Waals surface area (Å²) in [5, 5.41) is 3.61. The van der Waals surface area contributed by atoms with Crippen LogP contribution in [0.3, 0.4) is 0 Å². The maximum absolute atomic E-state index is 12.7. The summed E-state index contributed by atoms with van der Waals surface area (Å²) < 4.78 is 40.0. The minimum Gasteiger partial charge on any atom is -0.325 e. The number of hydrogen-bond acceptors (Lipinski definition) is 2. The molecule has 1 aromatic carbocycles. The average Bonchev–Trinajstić information content (AvgIpc) is 2.83. The molecule has 102 valence electrons. The third kappa shape index (κ3) is 3.08. The molecule has 2 N–H and O–H groups in total. The molecule has 0 spiro atoms. The van der Waals surface area contributed by atoms with Crippen molar-refractivity contribution in [3.05, 3.63) is 47.3 Å². The predicted octanol–water partition coefficient (Wildman–Crippen LogP) is 3.28. The normalized spacial score (nSPS) is 11.8. The van der Waals surface area contributed by atoms with Crippen molar-refractivity contribution in [1.29, 1.82) is 0 Å². The van der Waals surface area contributed by atoms with Crippen molar-refractivity contribution in [1.82, 2.24) is 9.78 Å². The lowest BCUT2D eigenvalue weighted by molar-refractivity contribution is -0.141. The van der Waals surface area contributed by atoms with Crippen molar-refractivity contribution < 1.29 is 13.2 Å². The number of hydrogen-bond donors (Lipinski definition) is 1. The summed E-state index contributed by atoms with van der Waals surface area (Å²) in [5.41, 5.74) is 6.50. The van der Waals surface area contributed by atoms with Crippen molar-refractivity contribution in [3.63, 3.8) is 0 Å². The third-order valence-corrected chi connectivity index (χ3v) is 3.47. The van der Waals surface area contributed by atoms with Crippen LogP contribution in [0.2, 0.25) is 0 Å². The molecule has 0 aliphatic carbocycles. The predicted molar refractivity (Wildman–Crippen MR) is 74.2 cm³/mol. The van der Waals surface area contributed by atoms with E-state index in [2.05, 4.69) is 27.7 Å². The van der Waals surface area contributed by atoms with Crippen LogP contribution < -0.4 is 5.73 Å². The first-order chi connectivity index (χ1) is 8.95. The molecule has 19 heavy (non-hydrogen) atoms. The molecule has 2 rings (SSSR count). The molecule has 1 aromatic heterocycles. The number of rotatable bonds is 3. The Balaban J connectivity index is 2.51. The number of aromatic nitrogens is 2. The van der Waals surface area contributed by atoms with Crippen LogP contribution in [0.25, 0.3) is 5.69 Å². The van der Waals surface area contributed by atoms with Gasteiger partial charge in [-0.05, 0) is 23.8 Å². The Labute approximate surface area is 121 Å². The topological polar surface area (TPSA) is 43.8 Å². The van der Waals surface area contributed by atoms with Crippen LogP contribution in [0.1, 0.15) is 17.0 Å². The first kappa shape index (κ1) is 14.3. The van der Waals surface area contributed by atoms with Crippen LogP contribution in [0.4, 0.5) is 13.2 Å². The average molecular weight is 381 g/mol. The lowest BCUT2D eigenvalue weighted by Gasteiger charge is -2.07. The van der Waals surface area contributed by atoms with E-state index in [-0.39, 0.29) is 6.54 Å². The standard InChI is InChI=1S/C12H11F3IN3/c13-12(14,15)11-5-10(7-17)19(18-11)9-3-1-2-8(4-9)6-16/h1-5H,6-7,17H2. The highest BCUT2D eigenvalue weighted by molar-refractivity contribution is 14.1. The molecule has 3 nitrogen and oxygen atoms in total. The van der Waals surface area contributed by atoms with E-state index in [1.807, 2.05) is 6.07 Å². The molecule has 0 aliphatic rings. The van der Waals surface area contributed by atoms with Crippen molar-refractivity contribution in [2.24, 2.45) is 5.73 Å². The third-order valence-electron chi connectivity index (χ3n) is 2.59. The molecule has 0 radical (unpaired) electrons. The lowest BCUT2D eigenvalue weighted by Crippen LogP contribution is -2.09. The quantitative estimate of drug-likeness (QED) is 0.655. The molecule has 0 bridgehead atoms. The number of alkyl halides is 4. The van der Waals surface area contributed by atoms with Gasteiger partial charge < -0.3 is 5.73 Å². The Bertz CT molecular complexity index is 578. The minimum absolute atomic E-state index is 0.00244. The van der Waals surface area contributed by atoms with Gasteiger partial charge in [0.2, 0.25) is 0 Å². The van der Waals surface area contributed by atoms with Crippen LogP contribution in [-0.2, 0) is 17.1 Å². The van der Waals surface area contributed by atoms with E-state index in [4.69, 9.17) is 5.73 Å². The summed E-state index contributed by atoms with van der Waals surface area (Å²) in [5.74, 6) is 0. The van der Waals surface area contributed by atoms with E-state index < -0.39 is 11.9 Å². The van der Waals surface area contributed by atoms with Crippen LogP contribution in [0.15, 0.2) is 30.3 Å². The van der Waals surface area contributed by atoms with Gasteiger partial charge in [-0.3, -0.25) is 0 Å². The van der Waals surface area contributed by atoms with Crippen molar-refractivity contribution in [3.8, 4) is 5.69 Å². The van der Waals surface area contributed by atoms with Gasteiger partial charge in [-0.15, -0.1) is 0 Å². The monoisotopic (exact) mass is 381 g/mol. The summed E-state index contributed by atoms with van der Waals surface area (Å²) in [4.78, 5) is 0. The van der Waals surface area contributed by atoms with Gasteiger partial charge in [-0.25, -0.2) is 4.68 Å².